The van der Waals surface area contributed by atoms with Crippen LogP contribution in [0.25, 0.3) is 0 Å². The fourth-order valence-corrected chi connectivity index (χ4v) is 3.59. The van der Waals surface area contributed by atoms with E-state index in [2.05, 4.69) is 10.6 Å². The Labute approximate surface area is 167 Å². The Kier molecular flexibility index (Phi) is 9.36. The molecule has 0 unspecified atom stereocenters. The van der Waals surface area contributed by atoms with Crippen molar-refractivity contribution in [2.45, 2.75) is 91.3 Å². The van der Waals surface area contributed by atoms with Crippen LogP contribution in [0.15, 0.2) is 0 Å². The van der Waals surface area contributed by atoms with E-state index in [0.717, 1.165) is 25.7 Å². The molecule has 0 bridgehead atoms. The van der Waals surface area contributed by atoms with Crippen LogP contribution in [-0.4, -0.2) is 46.2 Å². The molecule has 1 fully saturated rings. The Hall–Kier alpha value is -1.67. The molecule has 3 atom stereocenters. The molecule has 1 saturated carbocycles. The van der Waals surface area contributed by atoms with Crippen LogP contribution in [0, 0.1) is 17.3 Å². The molecule has 0 aromatic carbocycles. The third-order valence-corrected chi connectivity index (χ3v) is 5.19. The molecule has 5 N–H and O–H groups in total. The highest BCUT2D eigenvalue weighted by molar-refractivity contribution is 5.92. The normalized spacial score (nSPS) is 18.9. The summed E-state index contributed by atoms with van der Waals surface area (Å²) >= 11 is 0. The van der Waals surface area contributed by atoms with E-state index in [-0.39, 0.29) is 24.3 Å². The van der Waals surface area contributed by atoms with Gasteiger partial charge in [0.25, 0.3) is 5.91 Å². The summed E-state index contributed by atoms with van der Waals surface area (Å²) < 4.78 is 0. The molecule has 162 valence electrons. The largest absolute Gasteiger partial charge is 0.382 e. The number of carbonyl (C=O) groups is 3. The Balaban J connectivity index is 2.93. The van der Waals surface area contributed by atoms with Gasteiger partial charge in [0.15, 0.2) is 0 Å². The molecule has 8 heteroatoms. The number of hydrogen-bond donors (Lipinski definition) is 5. The zero-order valence-electron chi connectivity index (χ0n) is 17.7. The van der Waals surface area contributed by atoms with Gasteiger partial charge in [0, 0.05) is 6.04 Å². The van der Waals surface area contributed by atoms with Crippen molar-refractivity contribution in [1.29, 1.82) is 0 Å². The minimum Gasteiger partial charge on any atom is -0.382 e. The van der Waals surface area contributed by atoms with Crippen molar-refractivity contribution in [1.82, 2.24) is 16.1 Å². The third-order valence-electron chi connectivity index (χ3n) is 5.19. The molecule has 0 radical (unpaired) electrons. The zero-order valence-corrected chi connectivity index (χ0v) is 17.7. The van der Waals surface area contributed by atoms with Gasteiger partial charge in [0.05, 0.1) is 5.92 Å². The average molecular weight is 400 g/mol. The highest BCUT2D eigenvalue weighted by Crippen LogP contribution is 2.24. The number of hydroxylamine groups is 1. The molecule has 0 heterocycles. The quantitative estimate of drug-likeness (QED) is 0.312. The molecule has 1 aliphatic carbocycles. The molecule has 28 heavy (non-hydrogen) atoms. The van der Waals surface area contributed by atoms with E-state index >= 15 is 0 Å². The maximum absolute atomic E-state index is 12.9. The number of amides is 3. The lowest BCUT2D eigenvalue weighted by Crippen LogP contribution is -2.58. The van der Waals surface area contributed by atoms with Crippen LogP contribution >= 0.6 is 0 Å². The molecule has 0 aromatic heterocycles. The second kappa shape index (κ2) is 10.8. The summed E-state index contributed by atoms with van der Waals surface area (Å²) in [5.74, 6) is -2.92. The lowest BCUT2D eigenvalue weighted by atomic mass is 9.84. The van der Waals surface area contributed by atoms with E-state index in [1.54, 1.807) is 0 Å². The lowest BCUT2D eigenvalue weighted by Gasteiger charge is -2.34. The molecule has 0 aromatic rings. The number of carbonyl (C=O) groups excluding carboxylic acids is 3. The average Bonchev–Trinajstić information content (AvgIpc) is 2.62. The fraction of sp³-hybridized carbons (Fsp3) is 0.850. The van der Waals surface area contributed by atoms with Crippen LogP contribution < -0.4 is 16.1 Å². The summed E-state index contributed by atoms with van der Waals surface area (Å²) in [6.45, 7) is 9.29. The third kappa shape index (κ3) is 7.39. The van der Waals surface area contributed by atoms with Gasteiger partial charge in [-0.1, -0.05) is 53.9 Å². The predicted molar refractivity (Wildman–Crippen MR) is 105 cm³/mol. The van der Waals surface area contributed by atoms with Gasteiger partial charge in [0.1, 0.15) is 12.1 Å². The van der Waals surface area contributed by atoms with Gasteiger partial charge in [-0.05, 0) is 30.6 Å². The first-order chi connectivity index (χ1) is 13.0. The Morgan fingerprint density at radius 3 is 2.04 bits per heavy atom. The minimum atomic E-state index is -1.70. The van der Waals surface area contributed by atoms with Crippen LogP contribution in [0.1, 0.15) is 73.1 Å². The Bertz CT molecular complexity index is 538. The van der Waals surface area contributed by atoms with Crippen LogP contribution in [0.3, 0.4) is 0 Å². The molecular formula is C20H37N3O5. The summed E-state index contributed by atoms with van der Waals surface area (Å²) in [4.78, 5) is 37.4. The van der Waals surface area contributed by atoms with Gasteiger partial charge in [-0.25, -0.2) is 5.48 Å². The zero-order chi connectivity index (χ0) is 21.5. The first-order valence-electron chi connectivity index (χ1n) is 10.2. The van der Waals surface area contributed by atoms with Gasteiger partial charge in [-0.3, -0.25) is 19.6 Å². The van der Waals surface area contributed by atoms with Crippen molar-refractivity contribution in [2.75, 3.05) is 0 Å². The first-order valence-corrected chi connectivity index (χ1v) is 10.2. The van der Waals surface area contributed by atoms with Crippen molar-refractivity contribution >= 4 is 17.7 Å². The van der Waals surface area contributed by atoms with Gasteiger partial charge in [-0.2, -0.15) is 0 Å². The predicted octanol–water partition coefficient (Wildman–Crippen LogP) is 1.49. The monoisotopic (exact) mass is 399 g/mol. The number of hydrogen-bond acceptors (Lipinski definition) is 5. The summed E-state index contributed by atoms with van der Waals surface area (Å²) in [5, 5.41) is 24.8. The minimum absolute atomic E-state index is 0.0287. The van der Waals surface area contributed by atoms with Gasteiger partial charge >= 0.3 is 0 Å². The molecular weight excluding hydrogens is 362 g/mol. The second-order valence-corrected chi connectivity index (χ2v) is 9.31. The number of aliphatic hydroxyl groups excluding tert-OH is 1. The summed E-state index contributed by atoms with van der Waals surface area (Å²) in [6, 6.07) is -0.693. The van der Waals surface area contributed by atoms with E-state index < -0.39 is 35.3 Å². The lowest BCUT2D eigenvalue weighted by molar-refractivity contribution is -0.147. The molecule has 1 aliphatic rings. The van der Waals surface area contributed by atoms with Crippen LogP contribution in [0.4, 0.5) is 0 Å². The molecule has 8 nitrogen and oxygen atoms in total. The SMILES string of the molecule is CC(C)C[C@@H](C(=O)N[C@H](C(=O)NC1CCCCC1)C(C)(C)C)[C@H](O)C(=O)NO. The smallest absolute Gasteiger partial charge is 0.272 e. The van der Waals surface area contributed by atoms with Gasteiger partial charge in [0.2, 0.25) is 11.8 Å². The van der Waals surface area contributed by atoms with Gasteiger partial charge in [-0.15, -0.1) is 0 Å². The van der Waals surface area contributed by atoms with Crippen molar-refractivity contribution < 1.29 is 24.7 Å². The van der Waals surface area contributed by atoms with Crippen LogP contribution in [-0.2, 0) is 14.4 Å². The van der Waals surface area contributed by atoms with Crippen molar-refractivity contribution in [2.24, 2.45) is 17.3 Å². The summed E-state index contributed by atoms with van der Waals surface area (Å²) in [6.07, 6.45) is 3.74. The highest BCUT2D eigenvalue weighted by Gasteiger charge is 2.38. The second-order valence-electron chi connectivity index (χ2n) is 9.31. The topological polar surface area (TPSA) is 128 Å². The molecule has 1 rings (SSSR count). The maximum atomic E-state index is 12.9. The van der Waals surface area contributed by atoms with Gasteiger partial charge < -0.3 is 15.7 Å². The van der Waals surface area contributed by atoms with E-state index in [1.807, 2.05) is 34.6 Å². The molecule has 0 aliphatic heterocycles. The van der Waals surface area contributed by atoms with Crippen LogP contribution in [0.5, 0.6) is 0 Å². The van der Waals surface area contributed by atoms with E-state index in [1.165, 1.54) is 11.9 Å². The van der Waals surface area contributed by atoms with E-state index in [4.69, 9.17) is 5.21 Å². The number of aliphatic hydroxyl groups is 1. The molecule has 3 amide bonds. The van der Waals surface area contributed by atoms with E-state index in [0.29, 0.717) is 0 Å². The van der Waals surface area contributed by atoms with Crippen molar-refractivity contribution in [3.8, 4) is 0 Å². The van der Waals surface area contributed by atoms with Crippen molar-refractivity contribution in [3.63, 3.8) is 0 Å². The standard InChI is InChI=1S/C20H37N3O5/c1-12(2)11-14(15(24)18(26)23-28)17(25)22-16(20(3,4)5)19(27)21-13-9-7-6-8-10-13/h12-16,24,28H,6-11H2,1-5H3,(H,21,27)(H,22,25)(H,23,26)/t14-,15+,16-/m1/s1. The fourth-order valence-electron chi connectivity index (χ4n) is 3.59. The van der Waals surface area contributed by atoms with E-state index in [9.17, 15) is 19.5 Å². The molecule has 0 saturated heterocycles. The Morgan fingerprint density at radius 2 is 1.57 bits per heavy atom. The molecule has 0 spiro atoms. The maximum Gasteiger partial charge on any atom is 0.272 e. The Morgan fingerprint density at radius 1 is 1.00 bits per heavy atom. The summed E-state index contributed by atoms with van der Waals surface area (Å²) in [5.41, 5.74) is 0.831. The number of nitrogens with one attached hydrogen (secondary N) is 3. The first kappa shape index (κ1) is 24.4. The summed E-state index contributed by atoms with van der Waals surface area (Å²) in [7, 11) is 0. The van der Waals surface area contributed by atoms with Crippen molar-refractivity contribution in [3.05, 3.63) is 0 Å². The van der Waals surface area contributed by atoms with Crippen LogP contribution in [0.2, 0.25) is 0 Å². The highest BCUT2D eigenvalue weighted by atomic mass is 16.5. The number of rotatable bonds is 8.